The second kappa shape index (κ2) is 9.18. The molecule has 31 heavy (non-hydrogen) atoms. The molecule has 160 valence electrons. The lowest BCUT2D eigenvalue weighted by Crippen LogP contribution is -2.21. The average Bonchev–Trinajstić information content (AvgIpc) is 3.17. The number of fused-ring (bicyclic) bond motifs is 2. The van der Waals surface area contributed by atoms with Crippen LogP contribution in [0.4, 0.5) is 0 Å². The van der Waals surface area contributed by atoms with Crippen LogP contribution in [-0.4, -0.2) is 15.0 Å². The Kier molecular flexibility index (Phi) is 6.37. The van der Waals surface area contributed by atoms with Crippen molar-refractivity contribution in [2.45, 2.75) is 44.7 Å². The van der Waals surface area contributed by atoms with Crippen molar-refractivity contribution < 1.29 is 0 Å². The second-order valence-corrected chi connectivity index (χ2v) is 8.16. The van der Waals surface area contributed by atoms with Crippen LogP contribution in [0.5, 0.6) is 0 Å². The number of nitrogens with zero attached hydrogens (tertiary/aromatic N) is 2. The molecule has 0 aliphatic heterocycles. The van der Waals surface area contributed by atoms with Crippen LogP contribution < -0.4 is 11.5 Å². The van der Waals surface area contributed by atoms with Crippen molar-refractivity contribution in [2.24, 2.45) is 11.5 Å². The van der Waals surface area contributed by atoms with Crippen LogP contribution in [0.2, 0.25) is 0 Å². The molecule has 6 heteroatoms. The fourth-order valence-corrected chi connectivity index (χ4v) is 4.52. The number of hydrogen-bond donors (Lipinski definition) is 3. The van der Waals surface area contributed by atoms with Gasteiger partial charge in [0.1, 0.15) is 5.82 Å². The number of halogens is 1. The summed E-state index contributed by atoms with van der Waals surface area (Å²) in [5, 5.41) is 0. The van der Waals surface area contributed by atoms with Crippen LogP contribution >= 0.6 is 12.4 Å². The Morgan fingerprint density at radius 3 is 2.52 bits per heavy atom. The summed E-state index contributed by atoms with van der Waals surface area (Å²) in [6.45, 7) is 0.540. The van der Waals surface area contributed by atoms with Crippen molar-refractivity contribution in [3.8, 4) is 0 Å². The van der Waals surface area contributed by atoms with E-state index in [1.54, 1.807) is 0 Å². The minimum absolute atomic E-state index is 0. The Hall–Kier alpha value is -2.73. The van der Waals surface area contributed by atoms with Gasteiger partial charge in [-0.25, -0.2) is 4.98 Å². The fraction of sp³-hybridized carbons (Fsp3) is 0.280. The van der Waals surface area contributed by atoms with Crippen LogP contribution in [0.15, 0.2) is 54.6 Å². The summed E-state index contributed by atoms with van der Waals surface area (Å²) >= 11 is 0. The molecule has 5 N–H and O–H groups in total. The maximum absolute atomic E-state index is 6.42. The van der Waals surface area contributed by atoms with Gasteiger partial charge in [-0.05, 0) is 60.1 Å². The molecule has 2 aromatic heterocycles. The van der Waals surface area contributed by atoms with E-state index in [-0.39, 0.29) is 18.4 Å². The number of hydrogen-bond acceptors (Lipinski definition) is 4. The van der Waals surface area contributed by atoms with Crippen LogP contribution in [0.1, 0.15) is 58.3 Å². The first kappa shape index (κ1) is 21.5. The molecule has 0 bridgehead atoms. The zero-order valence-electron chi connectivity index (χ0n) is 17.5. The van der Waals surface area contributed by atoms with Crippen molar-refractivity contribution in [1.29, 1.82) is 0 Å². The van der Waals surface area contributed by atoms with Gasteiger partial charge in [-0.2, -0.15) is 0 Å². The number of rotatable bonds is 5. The van der Waals surface area contributed by atoms with E-state index in [1.165, 1.54) is 22.3 Å². The predicted octanol–water partition coefficient (Wildman–Crippen LogP) is 4.36. The van der Waals surface area contributed by atoms with Crippen LogP contribution in [0.3, 0.4) is 0 Å². The smallest absolute Gasteiger partial charge is 0.113 e. The van der Waals surface area contributed by atoms with Gasteiger partial charge in [0, 0.05) is 19.0 Å². The summed E-state index contributed by atoms with van der Waals surface area (Å²) in [5.41, 5.74) is 21.5. The van der Waals surface area contributed by atoms with E-state index in [1.807, 2.05) is 24.3 Å². The summed E-state index contributed by atoms with van der Waals surface area (Å²) in [6.07, 6.45) is 4.65. The molecule has 2 aromatic carbocycles. The molecule has 0 spiro atoms. The summed E-state index contributed by atoms with van der Waals surface area (Å²) in [4.78, 5) is 13.3. The molecule has 0 saturated heterocycles. The van der Waals surface area contributed by atoms with E-state index < -0.39 is 0 Å². The lowest BCUT2D eigenvalue weighted by molar-refractivity contribution is 0.550. The standard InChI is InChI=1S/C25H27N5.ClH/c26-15-18-7-2-1-6-16(18)12-19-13-17-8-5-9-20(27)25(17)30-23(19)14-24-28-21-10-3-4-11-22(21)29-24;/h1-4,6-7,10-11,13,20H,5,8-9,12,14-15,26-27H2,(H,28,29);1H/t20-;/m0./s1. The highest BCUT2D eigenvalue weighted by atomic mass is 35.5. The number of para-hydroxylation sites is 2. The molecule has 4 aromatic rings. The maximum Gasteiger partial charge on any atom is 0.113 e. The van der Waals surface area contributed by atoms with Gasteiger partial charge in [0.05, 0.1) is 22.4 Å². The summed E-state index contributed by atoms with van der Waals surface area (Å²) in [5.74, 6) is 0.932. The molecule has 0 amide bonds. The van der Waals surface area contributed by atoms with Crippen molar-refractivity contribution in [1.82, 2.24) is 15.0 Å². The van der Waals surface area contributed by atoms with Gasteiger partial charge in [-0.3, -0.25) is 4.98 Å². The van der Waals surface area contributed by atoms with E-state index >= 15 is 0 Å². The largest absolute Gasteiger partial charge is 0.342 e. The Morgan fingerprint density at radius 2 is 1.71 bits per heavy atom. The highest BCUT2D eigenvalue weighted by Gasteiger charge is 2.22. The molecule has 0 saturated carbocycles. The Balaban J connectivity index is 0.00000231. The van der Waals surface area contributed by atoms with Gasteiger partial charge < -0.3 is 16.5 Å². The highest BCUT2D eigenvalue weighted by molar-refractivity contribution is 5.85. The minimum Gasteiger partial charge on any atom is -0.342 e. The predicted molar refractivity (Wildman–Crippen MR) is 127 cm³/mol. The first-order valence-corrected chi connectivity index (χ1v) is 10.7. The summed E-state index contributed by atoms with van der Waals surface area (Å²) in [6, 6.07) is 18.9. The molecule has 5 nitrogen and oxygen atoms in total. The third-order valence-electron chi connectivity index (χ3n) is 6.11. The molecule has 0 fully saturated rings. The molecular weight excluding hydrogens is 406 g/mol. The normalized spacial score (nSPS) is 15.5. The summed E-state index contributed by atoms with van der Waals surface area (Å²) in [7, 11) is 0. The number of pyridine rings is 1. The average molecular weight is 434 g/mol. The molecule has 1 atom stereocenters. The zero-order chi connectivity index (χ0) is 20.5. The van der Waals surface area contributed by atoms with E-state index in [2.05, 4.69) is 35.3 Å². The highest BCUT2D eigenvalue weighted by Crippen LogP contribution is 2.30. The van der Waals surface area contributed by atoms with E-state index in [9.17, 15) is 0 Å². The number of nitrogens with one attached hydrogen (secondary N) is 1. The topological polar surface area (TPSA) is 93.6 Å². The Bertz CT molecular complexity index is 1170. The maximum atomic E-state index is 6.42. The minimum atomic E-state index is 0. The Labute approximate surface area is 188 Å². The van der Waals surface area contributed by atoms with Gasteiger partial charge in [-0.1, -0.05) is 42.5 Å². The number of nitrogens with two attached hydrogens (primary N) is 2. The van der Waals surface area contributed by atoms with Gasteiger partial charge in [-0.15, -0.1) is 12.4 Å². The van der Waals surface area contributed by atoms with Gasteiger partial charge in [0.2, 0.25) is 0 Å². The molecule has 1 aliphatic rings. The number of imidazole rings is 1. The van der Waals surface area contributed by atoms with Gasteiger partial charge in [0.15, 0.2) is 0 Å². The summed E-state index contributed by atoms with van der Waals surface area (Å²) < 4.78 is 0. The monoisotopic (exact) mass is 433 g/mol. The first-order chi connectivity index (χ1) is 14.7. The lowest BCUT2D eigenvalue weighted by Gasteiger charge is -2.24. The third-order valence-corrected chi connectivity index (χ3v) is 6.11. The third kappa shape index (κ3) is 4.35. The van der Waals surface area contributed by atoms with Crippen LogP contribution in [0.25, 0.3) is 11.0 Å². The fourth-order valence-electron chi connectivity index (χ4n) is 4.52. The SMILES string of the molecule is Cl.NCc1ccccc1Cc1cc2c(nc1Cc1nc3ccccc3[nH]1)[C@@H](N)CCC2. The molecule has 2 heterocycles. The quantitative estimate of drug-likeness (QED) is 0.436. The molecule has 1 aliphatic carbocycles. The zero-order valence-corrected chi connectivity index (χ0v) is 18.3. The van der Waals surface area contributed by atoms with Gasteiger partial charge >= 0.3 is 0 Å². The number of H-pyrrole nitrogens is 1. The lowest BCUT2D eigenvalue weighted by atomic mass is 9.88. The van der Waals surface area contributed by atoms with Crippen molar-refractivity contribution in [2.75, 3.05) is 0 Å². The molecule has 0 radical (unpaired) electrons. The van der Waals surface area contributed by atoms with Crippen molar-refractivity contribution >= 4 is 23.4 Å². The second-order valence-electron chi connectivity index (χ2n) is 8.16. The number of aryl methyl sites for hydroxylation is 1. The van der Waals surface area contributed by atoms with Crippen molar-refractivity contribution in [3.05, 3.63) is 94.1 Å². The van der Waals surface area contributed by atoms with Crippen LogP contribution in [0, 0.1) is 0 Å². The molecular formula is C25H28ClN5. The number of aromatic amines is 1. The van der Waals surface area contributed by atoms with E-state index in [4.69, 9.17) is 21.4 Å². The van der Waals surface area contributed by atoms with Crippen molar-refractivity contribution in [3.63, 3.8) is 0 Å². The van der Waals surface area contributed by atoms with E-state index in [0.29, 0.717) is 13.0 Å². The molecule has 5 rings (SSSR count). The van der Waals surface area contributed by atoms with Gasteiger partial charge in [0.25, 0.3) is 0 Å². The number of aromatic nitrogens is 3. The van der Waals surface area contributed by atoms with E-state index in [0.717, 1.165) is 53.9 Å². The first-order valence-electron chi connectivity index (χ1n) is 10.7. The van der Waals surface area contributed by atoms with Crippen LogP contribution in [-0.2, 0) is 25.8 Å². The Morgan fingerprint density at radius 1 is 0.935 bits per heavy atom. The number of benzene rings is 2. The molecule has 0 unspecified atom stereocenters.